The summed E-state index contributed by atoms with van der Waals surface area (Å²) in [6, 6.07) is 3.73. The lowest BCUT2D eigenvalue weighted by Gasteiger charge is -2.31. The van der Waals surface area contributed by atoms with Crippen molar-refractivity contribution in [2.75, 3.05) is 18.5 Å². The molecule has 1 aliphatic carbocycles. The van der Waals surface area contributed by atoms with Crippen molar-refractivity contribution in [1.29, 1.82) is 0 Å². The van der Waals surface area contributed by atoms with E-state index in [1.165, 1.54) is 24.1 Å². The lowest BCUT2D eigenvalue weighted by Crippen LogP contribution is -2.36. The first kappa shape index (κ1) is 19.0. The van der Waals surface area contributed by atoms with Crippen molar-refractivity contribution in [1.82, 2.24) is 5.32 Å². The molecule has 1 aromatic carbocycles. The van der Waals surface area contributed by atoms with E-state index in [2.05, 4.69) is 5.32 Å². The van der Waals surface area contributed by atoms with E-state index in [4.69, 9.17) is 0 Å². The molecule has 1 N–H and O–H groups in total. The molecule has 9 heteroatoms. The zero-order valence-electron chi connectivity index (χ0n) is 13.8. The molecule has 0 spiro atoms. The Bertz CT molecular complexity index is 643. The van der Waals surface area contributed by atoms with E-state index in [1.807, 2.05) is 0 Å². The number of hydrogen-bond acceptors (Lipinski definition) is 4. The van der Waals surface area contributed by atoms with Crippen LogP contribution < -0.4 is 10.2 Å². The van der Waals surface area contributed by atoms with Gasteiger partial charge in [0, 0.05) is 31.3 Å². The van der Waals surface area contributed by atoms with Crippen LogP contribution in [0, 0.1) is 10.1 Å². The van der Waals surface area contributed by atoms with Gasteiger partial charge in [-0.05, 0) is 25.0 Å². The van der Waals surface area contributed by atoms with E-state index < -0.39 is 23.4 Å². The van der Waals surface area contributed by atoms with Crippen LogP contribution >= 0.6 is 0 Å². The van der Waals surface area contributed by atoms with Crippen molar-refractivity contribution in [3.8, 4) is 0 Å². The zero-order chi connectivity index (χ0) is 18.6. The number of anilines is 1. The van der Waals surface area contributed by atoms with E-state index in [1.54, 1.807) is 0 Å². The highest BCUT2D eigenvalue weighted by molar-refractivity contribution is 5.95. The number of nitrogens with one attached hydrogen (secondary N) is 1. The molecule has 0 unspecified atom stereocenters. The third-order valence-electron chi connectivity index (χ3n) is 4.37. The normalized spacial score (nSPS) is 15.2. The second kappa shape index (κ2) is 7.71. The maximum Gasteiger partial charge on any atom is 0.390 e. The molecule has 0 saturated heterocycles. The average Bonchev–Trinajstić information content (AvgIpc) is 3.07. The molecule has 1 amide bonds. The molecule has 0 heterocycles. The summed E-state index contributed by atoms with van der Waals surface area (Å²) >= 11 is 0. The summed E-state index contributed by atoms with van der Waals surface area (Å²) in [5, 5.41) is 13.8. The van der Waals surface area contributed by atoms with E-state index in [-0.39, 0.29) is 29.5 Å². The highest BCUT2D eigenvalue weighted by atomic mass is 19.4. The van der Waals surface area contributed by atoms with Gasteiger partial charge in [0.25, 0.3) is 11.6 Å². The van der Waals surface area contributed by atoms with Gasteiger partial charge in [0.05, 0.1) is 11.3 Å². The third-order valence-corrected chi connectivity index (χ3v) is 4.37. The number of halogens is 3. The molecular formula is C16H20F3N3O3. The van der Waals surface area contributed by atoms with Crippen LogP contribution in [0.4, 0.5) is 24.5 Å². The van der Waals surface area contributed by atoms with Crippen molar-refractivity contribution in [3.05, 3.63) is 33.9 Å². The SMILES string of the molecule is CNC(=O)c1ccc(N(CCC(F)(F)F)C2CCCC2)c([N+](=O)[O-])c1. The minimum atomic E-state index is -4.34. The van der Waals surface area contributed by atoms with Crippen molar-refractivity contribution >= 4 is 17.3 Å². The van der Waals surface area contributed by atoms with E-state index in [9.17, 15) is 28.1 Å². The van der Waals surface area contributed by atoms with Crippen molar-refractivity contribution < 1.29 is 22.9 Å². The fourth-order valence-electron chi connectivity index (χ4n) is 3.16. The fraction of sp³-hybridized carbons (Fsp3) is 0.562. The number of hydrogen-bond donors (Lipinski definition) is 1. The Balaban J connectivity index is 2.40. The first-order valence-electron chi connectivity index (χ1n) is 8.07. The topological polar surface area (TPSA) is 75.5 Å². The number of alkyl halides is 3. The Morgan fingerprint density at radius 3 is 2.52 bits per heavy atom. The van der Waals surface area contributed by atoms with Gasteiger partial charge in [0.1, 0.15) is 5.69 Å². The Morgan fingerprint density at radius 2 is 2.00 bits per heavy atom. The minimum absolute atomic E-state index is 0.0974. The molecule has 1 aromatic rings. The minimum Gasteiger partial charge on any atom is -0.363 e. The zero-order valence-corrected chi connectivity index (χ0v) is 13.8. The predicted molar refractivity (Wildman–Crippen MR) is 86.8 cm³/mol. The van der Waals surface area contributed by atoms with Crippen LogP contribution in [0.15, 0.2) is 18.2 Å². The van der Waals surface area contributed by atoms with Crippen LogP contribution in [0.1, 0.15) is 42.5 Å². The van der Waals surface area contributed by atoms with Gasteiger partial charge in [-0.2, -0.15) is 13.2 Å². The Hall–Kier alpha value is -2.32. The fourth-order valence-corrected chi connectivity index (χ4v) is 3.16. The van der Waals surface area contributed by atoms with Gasteiger partial charge >= 0.3 is 6.18 Å². The third kappa shape index (κ3) is 4.83. The molecule has 1 aliphatic rings. The number of benzene rings is 1. The highest BCUT2D eigenvalue weighted by Gasteiger charge is 2.33. The van der Waals surface area contributed by atoms with Crippen LogP contribution in [0.3, 0.4) is 0 Å². The maximum atomic E-state index is 12.7. The Labute approximate surface area is 143 Å². The van der Waals surface area contributed by atoms with Crippen LogP contribution in [0.25, 0.3) is 0 Å². The predicted octanol–water partition coefficient (Wildman–Crippen LogP) is 3.66. The molecule has 0 aliphatic heterocycles. The van der Waals surface area contributed by atoms with Crippen molar-refractivity contribution in [3.63, 3.8) is 0 Å². The molecule has 1 saturated carbocycles. The smallest absolute Gasteiger partial charge is 0.363 e. The van der Waals surface area contributed by atoms with Gasteiger partial charge in [-0.3, -0.25) is 14.9 Å². The average molecular weight is 359 g/mol. The Kier molecular flexibility index (Phi) is 5.86. The van der Waals surface area contributed by atoms with E-state index in [0.717, 1.165) is 18.9 Å². The molecule has 0 aromatic heterocycles. The second-order valence-electron chi connectivity index (χ2n) is 6.04. The first-order valence-corrected chi connectivity index (χ1v) is 8.07. The quantitative estimate of drug-likeness (QED) is 0.621. The molecular weight excluding hydrogens is 339 g/mol. The van der Waals surface area contributed by atoms with Gasteiger partial charge in [0.2, 0.25) is 0 Å². The van der Waals surface area contributed by atoms with Crippen LogP contribution in [-0.4, -0.2) is 36.6 Å². The molecule has 6 nitrogen and oxygen atoms in total. The first-order chi connectivity index (χ1) is 11.7. The molecule has 1 fully saturated rings. The molecule has 0 radical (unpaired) electrons. The highest BCUT2D eigenvalue weighted by Crippen LogP contribution is 2.36. The van der Waals surface area contributed by atoms with Gasteiger partial charge < -0.3 is 10.2 Å². The number of nitro groups is 1. The summed E-state index contributed by atoms with van der Waals surface area (Å²) < 4.78 is 38.0. The lowest BCUT2D eigenvalue weighted by molar-refractivity contribution is -0.384. The van der Waals surface area contributed by atoms with Gasteiger partial charge in [-0.15, -0.1) is 0 Å². The van der Waals surface area contributed by atoms with E-state index >= 15 is 0 Å². The summed E-state index contributed by atoms with van der Waals surface area (Å²) in [6.45, 7) is -0.339. The Morgan fingerprint density at radius 1 is 1.36 bits per heavy atom. The maximum absolute atomic E-state index is 12.7. The van der Waals surface area contributed by atoms with Gasteiger partial charge in [-0.25, -0.2) is 0 Å². The standard InChI is InChI=1S/C16H20F3N3O3/c1-20-15(23)11-6-7-13(14(10-11)22(24)25)21(9-8-16(17,18)19)12-4-2-3-5-12/h6-7,10,12H,2-5,8-9H2,1H3,(H,20,23). The summed E-state index contributed by atoms with van der Waals surface area (Å²) in [5.41, 5.74) is -0.121. The van der Waals surface area contributed by atoms with Crippen LogP contribution in [0.5, 0.6) is 0 Å². The summed E-state index contributed by atoms with van der Waals surface area (Å²) in [7, 11) is 1.40. The molecule has 0 atom stereocenters. The monoisotopic (exact) mass is 359 g/mol. The molecule has 2 rings (SSSR count). The van der Waals surface area contributed by atoms with Crippen molar-refractivity contribution in [2.45, 2.75) is 44.3 Å². The van der Waals surface area contributed by atoms with Crippen molar-refractivity contribution in [2.24, 2.45) is 0 Å². The van der Waals surface area contributed by atoms with Crippen LogP contribution in [-0.2, 0) is 0 Å². The summed E-state index contributed by atoms with van der Waals surface area (Å²) in [4.78, 5) is 23.9. The second-order valence-corrected chi connectivity index (χ2v) is 6.04. The molecule has 25 heavy (non-hydrogen) atoms. The van der Waals surface area contributed by atoms with Crippen LogP contribution in [0.2, 0.25) is 0 Å². The number of amides is 1. The number of nitrogens with zero attached hydrogens (tertiary/aromatic N) is 2. The number of carbonyl (C=O) groups excluding carboxylic acids is 1. The van der Waals surface area contributed by atoms with Gasteiger partial charge in [-0.1, -0.05) is 12.8 Å². The molecule has 0 bridgehead atoms. The molecule has 138 valence electrons. The summed E-state index contributed by atoms with van der Waals surface area (Å²) in [6.07, 6.45) is -2.21. The van der Waals surface area contributed by atoms with Gasteiger partial charge in [0.15, 0.2) is 0 Å². The number of carbonyl (C=O) groups is 1. The summed E-state index contributed by atoms with van der Waals surface area (Å²) in [5.74, 6) is -0.489. The van der Waals surface area contributed by atoms with E-state index in [0.29, 0.717) is 12.8 Å². The number of nitro benzene ring substituents is 1. The largest absolute Gasteiger partial charge is 0.390 e. The number of rotatable bonds is 6. The lowest BCUT2D eigenvalue weighted by atomic mass is 10.1.